The maximum atomic E-state index is 12.2. The minimum Gasteiger partial charge on any atom is -0.463 e. The molecule has 0 aliphatic rings. The molecule has 6 heteroatoms. The van der Waals surface area contributed by atoms with Gasteiger partial charge in [0.2, 0.25) is 0 Å². The van der Waals surface area contributed by atoms with Crippen molar-refractivity contribution in [2.24, 2.45) is 0 Å². The summed E-state index contributed by atoms with van der Waals surface area (Å²) in [6.45, 7) is 11.0. The summed E-state index contributed by atoms with van der Waals surface area (Å²) in [6.07, 6.45) is 26.0. The first-order valence-electron chi connectivity index (χ1n) is 16.3. The van der Waals surface area contributed by atoms with Crippen LogP contribution in [0.25, 0.3) is 0 Å². The van der Waals surface area contributed by atoms with Crippen molar-refractivity contribution in [3.8, 4) is 0 Å². The fraction of sp³-hybridized carbons (Fsp3) is 0.938. The summed E-state index contributed by atoms with van der Waals surface area (Å²) in [5, 5.41) is 0. The molecule has 5 nitrogen and oxygen atoms in total. The first-order valence-corrected chi connectivity index (χ1v) is 19.7. The molecule has 0 radical (unpaired) electrons. The average Bonchev–Trinajstić information content (AvgIpc) is 2.87. The summed E-state index contributed by atoms with van der Waals surface area (Å²) in [5.74, 6) is -0.373. The number of hydrogen-bond acceptors (Lipinski definition) is 5. The van der Waals surface area contributed by atoms with Gasteiger partial charge in [-0.25, -0.2) is 0 Å². The molecular formula is C32H64O5Si. The second-order valence-corrected chi connectivity index (χ2v) is 16.5. The molecule has 0 heterocycles. The van der Waals surface area contributed by atoms with Gasteiger partial charge in [0, 0.05) is 12.8 Å². The molecule has 0 spiro atoms. The molecule has 0 aliphatic carbocycles. The highest BCUT2D eigenvalue weighted by Gasteiger charge is 2.23. The number of rotatable bonds is 28. The van der Waals surface area contributed by atoms with Crippen molar-refractivity contribution in [1.29, 1.82) is 0 Å². The standard InChI is InChI=1S/C32H64O5Si/c1-6-8-10-11-12-13-14-15-16-17-18-19-20-21-22-23-25-27-32(34)36-29-30(37-38(3,4)5)28-35-31(33)26-24-9-7-2/h30H,6-29H2,1-5H3. The van der Waals surface area contributed by atoms with E-state index >= 15 is 0 Å². The van der Waals surface area contributed by atoms with E-state index in [0.717, 1.165) is 32.1 Å². The Kier molecular flexibility index (Phi) is 25.7. The van der Waals surface area contributed by atoms with Crippen LogP contribution in [0.4, 0.5) is 0 Å². The van der Waals surface area contributed by atoms with Gasteiger partial charge in [-0.2, -0.15) is 0 Å². The van der Waals surface area contributed by atoms with E-state index in [1.54, 1.807) is 0 Å². The third-order valence-corrected chi connectivity index (χ3v) is 7.89. The fourth-order valence-electron chi connectivity index (χ4n) is 4.65. The second-order valence-electron chi connectivity index (χ2n) is 12.1. The van der Waals surface area contributed by atoms with Gasteiger partial charge in [-0.15, -0.1) is 0 Å². The number of carbonyl (C=O) groups is 2. The van der Waals surface area contributed by atoms with Crippen molar-refractivity contribution >= 4 is 20.3 Å². The molecule has 0 bridgehead atoms. The number of hydrogen-bond donors (Lipinski definition) is 0. The Morgan fingerprint density at radius 2 is 0.789 bits per heavy atom. The van der Waals surface area contributed by atoms with Crippen LogP contribution in [0.1, 0.15) is 155 Å². The van der Waals surface area contributed by atoms with Crippen LogP contribution in [0.15, 0.2) is 0 Å². The van der Waals surface area contributed by atoms with E-state index in [4.69, 9.17) is 13.9 Å². The lowest BCUT2D eigenvalue weighted by molar-refractivity contribution is -0.151. The molecule has 0 rings (SSSR count). The van der Waals surface area contributed by atoms with E-state index in [0.29, 0.717) is 12.8 Å². The lowest BCUT2D eigenvalue weighted by Crippen LogP contribution is -2.38. The van der Waals surface area contributed by atoms with Gasteiger partial charge in [-0.3, -0.25) is 9.59 Å². The zero-order chi connectivity index (χ0) is 28.3. The van der Waals surface area contributed by atoms with Gasteiger partial charge in [0.25, 0.3) is 0 Å². The largest absolute Gasteiger partial charge is 0.463 e. The van der Waals surface area contributed by atoms with Gasteiger partial charge >= 0.3 is 11.9 Å². The molecule has 1 unspecified atom stereocenters. The summed E-state index contributed by atoms with van der Waals surface area (Å²) >= 11 is 0. The van der Waals surface area contributed by atoms with Crippen LogP contribution < -0.4 is 0 Å². The van der Waals surface area contributed by atoms with Crippen LogP contribution in [0.5, 0.6) is 0 Å². The van der Waals surface area contributed by atoms with Crippen molar-refractivity contribution in [1.82, 2.24) is 0 Å². The fourth-order valence-corrected chi connectivity index (χ4v) is 5.78. The third-order valence-electron chi connectivity index (χ3n) is 6.85. The molecule has 0 saturated heterocycles. The Bertz CT molecular complexity index is 546. The van der Waals surface area contributed by atoms with E-state index in [-0.39, 0.29) is 31.3 Å². The van der Waals surface area contributed by atoms with E-state index in [1.165, 1.54) is 96.3 Å². The molecular weight excluding hydrogens is 492 g/mol. The van der Waals surface area contributed by atoms with Crippen LogP contribution in [0.3, 0.4) is 0 Å². The van der Waals surface area contributed by atoms with E-state index in [1.807, 2.05) is 0 Å². The third kappa shape index (κ3) is 28.1. The van der Waals surface area contributed by atoms with Gasteiger partial charge in [-0.1, -0.05) is 129 Å². The van der Waals surface area contributed by atoms with Gasteiger partial charge in [-0.05, 0) is 32.5 Å². The van der Waals surface area contributed by atoms with E-state index in [9.17, 15) is 9.59 Å². The maximum Gasteiger partial charge on any atom is 0.305 e. The molecule has 226 valence electrons. The summed E-state index contributed by atoms with van der Waals surface area (Å²) in [5.41, 5.74) is 0. The lowest BCUT2D eigenvalue weighted by atomic mass is 10.0. The zero-order valence-electron chi connectivity index (χ0n) is 26.1. The average molecular weight is 557 g/mol. The summed E-state index contributed by atoms with van der Waals surface area (Å²) in [6, 6.07) is 0. The monoisotopic (exact) mass is 556 g/mol. The van der Waals surface area contributed by atoms with E-state index < -0.39 is 8.32 Å². The molecule has 0 saturated carbocycles. The van der Waals surface area contributed by atoms with Crippen LogP contribution in [-0.2, 0) is 23.5 Å². The number of esters is 2. The minimum atomic E-state index is -1.84. The topological polar surface area (TPSA) is 61.8 Å². The van der Waals surface area contributed by atoms with Crippen LogP contribution in [-0.4, -0.2) is 39.6 Å². The molecule has 38 heavy (non-hydrogen) atoms. The van der Waals surface area contributed by atoms with Crippen LogP contribution in [0, 0.1) is 0 Å². The molecule has 0 aliphatic heterocycles. The lowest BCUT2D eigenvalue weighted by Gasteiger charge is -2.26. The molecule has 0 N–H and O–H groups in total. The summed E-state index contributed by atoms with van der Waals surface area (Å²) in [7, 11) is -1.84. The minimum absolute atomic E-state index is 0.154. The smallest absolute Gasteiger partial charge is 0.305 e. The Labute approximate surface area is 237 Å². The van der Waals surface area contributed by atoms with E-state index in [2.05, 4.69) is 33.5 Å². The van der Waals surface area contributed by atoms with Gasteiger partial charge in [0.1, 0.15) is 19.3 Å². The predicted octanol–water partition coefficient (Wildman–Crippen LogP) is 9.91. The maximum absolute atomic E-state index is 12.2. The first-order chi connectivity index (χ1) is 18.3. The second kappa shape index (κ2) is 26.3. The van der Waals surface area contributed by atoms with Gasteiger partial charge in [0.05, 0.1) is 0 Å². The Hall–Kier alpha value is -0.883. The van der Waals surface area contributed by atoms with Crippen molar-refractivity contribution in [3.05, 3.63) is 0 Å². The van der Waals surface area contributed by atoms with Crippen LogP contribution >= 0.6 is 0 Å². The van der Waals surface area contributed by atoms with Crippen molar-refractivity contribution in [2.75, 3.05) is 13.2 Å². The van der Waals surface area contributed by atoms with Crippen molar-refractivity contribution in [3.63, 3.8) is 0 Å². The molecule has 0 aromatic carbocycles. The number of unbranched alkanes of at least 4 members (excludes halogenated alkanes) is 18. The Morgan fingerprint density at radius 1 is 0.500 bits per heavy atom. The van der Waals surface area contributed by atoms with Gasteiger partial charge < -0.3 is 13.9 Å². The van der Waals surface area contributed by atoms with Crippen molar-refractivity contribution in [2.45, 2.75) is 181 Å². The van der Waals surface area contributed by atoms with Crippen molar-refractivity contribution < 1.29 is 23.5 Å². The number of carbonyl (C=O) groups excluding carboxylic acids is 2. The zero-order valence-corrected chi connectivity index (χ0v) is 27.1. The predicted molar refractivity (Wildman–Crippen MR) is 163 cm³/mol. The van der Waals surface area contributed by atoms with Gasteiger partial charge in [0.15, 0.2) is 8.32 Å². The molecule has 1 atom stereocenters. The highest BCUT2D eigenvalue weighted by molar-refractivity contribution is 6.69. The first kappa shape index (κ1) is 37.1. The Morgan fingerprint density at radius 3 is 1.13 bits per heavy atom. The summed E-state index contributed by atoms with van der Waals surface area (Å²) in [4.78, 5) is 24.1. The SMILES string of the molecule is CCCCCCCCCCCCCCCCCCCC(=O)OCC(COC(=O)CCCCC)O[Si](C)(C)C. The normalized spacial score (nSPS) is 12.4. The highest BCUT2D eigenvalue weighted by atomic mass is 28.4. The quantitative estimate of drug-likeness (QED) is 0.0545. The molecule has 0 amide bonds. The molecule has 0 aromatic rings. The number of ether oxygens (including phenoxy) is 2. The summed E-state index contributed by atoms with van der Waals surface area (Å²) < 4.78 is 17.0. The Balaban J connectivity index is 3.71. The molecule has 0 fully saturated rings. The van der Waals surface area contributed by atoms with Crippen LogP contribution in [0.2, 0.25) is 19.6 Å². The molecule has 0 aromatic heterocycles. The highest BCUT2D eigenvalue weighted by Crippen LogP contribution is 2.15.